The van der Waals surface area contributed by atoms with Crippen molar-refractivity contribution in [1.29, 1.82) is 0 Å². The first-order valence-corrected chi connectivity index (χ1v) is 10.7. The van der Waals surface area contributed by atoms with Crippen molar-refractivity contribution in [2.45, 2.75) is 19.4 Å². The normalized spacial score (nSPS) is 25.3. The molecule has 2 fully saturated rings. The maximum absolute atomic E-state index is 12.3. The molecule has 1 aromatic heterocycles. The number of carbonyl (C=O) groups excluding carboxylic acids is 1. The lowest BCUT2D eigenvalue weighted by molar-refractivity contribution is -0.925. The highest BCUT2D eigenvalue weighted by atomic mass is 32.2. The van der Waals surface area contributed by atoms with Gasteiger partial charge >= 0.3 is 0 Å². The largest absolute Gasteiger partial charge is 0.329 e. The van der Waals surface area contributed by atoms with Crippen LogP contribution in [0.5, 0.6) is 0 Å². The van der Waals surface area contributed by atoms with E-state index in [-0.39, 0.29) is 11.9 Å². The van der Waals surface area contributed by atoms with Gasteiger partial charge in [0.25, 0.3) is 0 Å². The summed E-state index contributed by atoms with van der Waals surface area (Å²) in [4.78, 5) is 16.6. The lowest BCUT2D eigenvalue weighted by atomic mass is 10.2. The molecule has 0 aliphatic carbocycles. The summed E-state index contributed by atoms with van der Waals surface area (Å²) in [7, 11) is -2.82. The van der Waals surface area contributed by atoms with Crippen LogP contribution >= 0.6 is 11.3 Å². The minimum absolute atomic E-state index is 0.0518. The Bertz CT molecular complexity index is 701. The first-order chi connectivity index (χ1) is 10.9. The van der Waals surface area contributed by atoms with Crippen LogP contribution in [-0.4, -0.2) is 63.0 Å². The molecule has 3 rings (SSSR count). The third kappa shape index (κ3) is 4.02. The number of piperazine rings is 1. The zero-order chi connectivity index (χ0) is 16.4. The smallest absolute Gasteiger partial charge is 0.247 e. The lowest BCUT2D eigenvalue weighted by Gasteiger charge is -2.34. The van der Waals surface area contributed by atoms with Crippen molar-refractivity contribution in [3.63, 3.8) is 0 Å². The molecule has 0 saturated carbocycles. The van der Waals surface area contributed by atoms with Gasteiger partial charge in [-0.2, -0.15) is 0 Å². The summed E-state index contributed by atoms with van der Waals surface area (Å²) in [6.07, 6.45) is 4.32. The van der Waals surface area contributed by atoms with Gasteiger partial charge in [0.15, 0.2) is 9.84 Å². The van der Waals surface area contributed by atoms with E-state index in [4.69, 9.17) is 0 Å². The van der Waals surface area contributed by atoms with Crippen LogP contribution in [0.15, 0.2) is 17.5 Å². The molecule has 126 valence electrons. The van der Waals surface area contributed by atoms with Crippen LogP contribution < -0.4 is 4.90 Å². The summed E-state index contributed by atoms with van der Waals surface area (Å²) >= 11 is 1.64. The van der Waals surface area contributed by atoms with Crippen LogP contribution in [0.3, 0.4) is 0 Å². The predicted molar refractivity (Wildman–Crippen MR) is 92.4 cm³/mol. The van der Waals surface area contributed by atoms with Crippen molar-refractivity contribution in [2.75, 3.05) is 37.7 Å². The molecule has 0 unspecified atom stereocenters. The molecule has 5 nitrogen and oxygen atoms in total. The standard InChI is InChI=1S/C16H22N2O3S2/c1-13-4-10-22-15(13)2-3-16(19)18-8-6-17(7-9-18)14-5-11-23(20,21)12-14/h2-4,10,14H,5-9,11-12H2,1H3/p+1/b3-2+/t14-/m1/s1. The van der Waals surface area contributed by atoms with Crippen LogP contribution in [0.4, 0.5) is 0 Å². The average molecular weight is 356 g/mol. The van der Waals surface area contributed by atoms with Gasteiger partial charge in [-0.25, -0.2) is 8.42 Å². The monoisotopic (exact) mass is 355 g/mol. The Morgan fingerprint density at radius 3 is 2.70 bits per heavy atom. The fourth-order valence-corrected chi connectivity index (χ4v) is 5.99. The summed E-state index contributed by atoms with van der Waals surface area (Å²) < 4.78 is 23.2. The summed E-state index contributed by atoms with van der Waals surface area (Å²) in [5.41, 5.74) is 1.19. The number of aryl methyl sites for hydroxylation is 1. The molecule has 1 aromatic rings. The van der Waals surface area contributed by atoms with Gasteiger partial charge in [-0.15, -0.1) is 11.3 Å². The van der Waals surface area contributed by atoms with Crippen LogP contribution in [0.25, 0.3) is 6.08 Å². The number of hydrogen-bond donors (Lipinski definition) is 1. The molecule has 3 heterocycles. The second kappa shape index (κ2) is 6.75. The number of amides is 1. The van der Waals surface area contributed by atoms with Crippen molar-refractivity contribution in [2.24, 2.45) is 0 Å². The highest BCUT2D eigenvalue weighted by Crippen LogP contribution is 2.17. The van der Waals surface area contributed by atoms with E-state index < -0.39 is 9.84 Å². The Morgan fingerprint density at radius 1 is 1.39 bits per heavy atom. The van der Waals surface area contributed by atoms with Gasteiger partial charge < -0.3 is 9.80 Å². The minimum atomic E-state index is -2.82. The first kappa shape index (κ1) is 16.7. The first-order valence-electron chi connectivity index (χ1n) is 8.01. The lowest BCUT2D eigenvalue weighted by Crippen LogP contribution is -3.18. The SMILES string of the molecule is Cc1ccsc1/C=C/C(=O)N1CC[NH+]([C@@H]2CCS(=O)(=O)C2)CC1. The summed E-state index contributed by atoms with van der Waals surface area (Å²) in [5.74, 6) is 0.691. The third-order valence-corrected chi connectivity index (χ3v) is 7.56. The van der Waals surface area contributed by atoms with Crippen molar-refractivity contribution in [3.05, 3.63) is 28.0 Å². The van der Waals surface area contributed by atoms with Crippen LogP contribution in [0.2, 0.25) is 0 Å². The zero-order valence-electron chi connectivity index (χ0n) is 13.3. The van der Waals surface area contributed by atoms with Crippen LogP contribution in [0.1, 0.15) is 16.9 Å². The molecule has 0 radical (unpaired) electrons. The Morgan fingerprint density at radius 2 is 2.13 bits per heavy atom. The topological polar surface area (TPSA) is 58.9 Å². The number of rotatable bonds is 3. The van der Waals surface area contributed by atoms with Gasteiger partial charge in [0.1, 0.15) is 11.8 Å². The van der Waals surface area contributed by atoms with Crippen LogP contribution in [0, 0.1) is 6.92 Å². The van der Waals surface area contributed by atoms with Crippen molar-refractivity contribution >= 4 is 33.2 Å². The maximum Gasteiger partial charge on any atom is 0.247 e. The third-order valence-electron chi connectivity index (χ3n) is 4.81. The van der Waals surface area contributed by atoms with Gasteiger partial charge in [0.2, 0.25) is 5.91 Å². The van der Waals surface area contributed by atoms with Crippen molar-refractivity contribution in [1.82, 2.24) is 4.90 Å². The van der Waals surface area contributed by atoms with Crippen LogP contribution in [-0.2, 0) is 14.6 Å². The number of hydrogen-bond acceptors (Lipinski definition) is 4. The van der Waals surface area contributed by atoms with E-state index in [1.54, 1.807) is 17.4 Å². The Labute approximate surface area is 141 Å². The fraction of sp³-hybridized carbons (Fsp3) is 0.562. The molecule has 2 saturated heterocycles. The number of thiophene rings is 1. The zero-order valence-corrected chi connectivity index (χ0v) is 15.0. The van der Waals surface area contributed by atoms with E-state index >= 15 is 0 Å². The molecule has 1 N–H and O–H groups in total. The molecular formula is C16H23N2O3S2+. The summed E-state index contributed by atoms with van der Waals surface area (Å²) in [6, 6.07) is 2.27. The van der Waals surface area contributed by atoms with E-state index in [1.807, 2.05) is 29.3 Å². The Kier molecular flexibility index (Phi) is 4.89. The van der Waals surface area contributed by atoms with Gasteiger partial charge in [0.05, 0.1) is 31.9 Å². The second-order valence-electron chi connectivity index (χ2n) is 6.38. The molecule has 7 heteroatoms. The fourth-order valence-electron chi connectivity index (χ4n) is 3.35. The predicted octanol–water partition coefficient (Wildman–Crippen LogP) is -0.0161. The molecule has 1 atom stereocenters. The van der Waals surface area contributed by atoms with Crippen molar-refractivity contribution < 1.29 is 18.1 Å². The molecule has 2 aliphatic rings. The van der Waals surface area contributed by atoms with E-state index in [0.29, 0.717) is 24.6 Å². The number of sulfone groups is 1. The van der Waals surface area contributed by atoms with Crippen molar-refractivity contribution in [3.8, 4) is 0 Å². The molecule has 1 amide bonds. The minimum Gasteiger partial charge on any atom is -0.329 e. The summed E-state index contributed by atoms with van der Waals surface area (Å²) in [5, 5.41) is 2.03. The highest BCUT2D eigenvalue weighted by Gasteiger charge is 2.37. The van der Waals surface area contributed by atoms with E-state index in [9.17, 15) is 13.2 Å². The Balaban J connectivity index is 1.52. The molecule has 0 aromatic carbocycles. The number of nitrogens with one attached hydrogen (secondary N) is 1. The Hall–Kier alpha value is -1.18. The highest BCUT2D eigenvalue weighted by molar-refractivity contribution is 7.91. The van der Waals surface area contributed by atoms with Gasteiger partial charge in [0, 0.05) is 17.4 Å². The molecule has 2 aliphatic heterocycles. The number of carbonyl (C=O) groups is 1. The second-order valence-corrected chi connectivity index (χ2v) is 9.56. The number of quaternary nitrogens is 1. The van der Waals surface area contributed by atoms with E-state index in [0.717, 1.165) is 24.4 Å². The molecular weight excluding hydrogens is 332 g/mol. The molecule has 0 bridgehead atoms. The van der Waals surface area contributed by atoms with E-state index in [1.165, 1.54) is 10.5 Å². The molecule has 0 spiro atoms. The quantitative estimate of drug-likeness (QED) is 0.776. The van der Waals surface area contributed by atoms with Gasteiger partial charge in [-0.05, 0) is 30.0 Å². The summed E-state index contributed by atoms with van der Waals surface area (Å²) in [6.45, 7) is 5.14. The van der Waals surface area contributed by atoms with Gasteiger partial charge in [-0.1, -0.05) is 0 Å². The van der Waals surface area contributed by atoms with E-state index in [2.05, 4.69) is 0 Å². The van der Waals surface area contributed by atoms with Gasteiger partial charge in [-0.3, -0.25) is 4.79 Å². The maximum atomic E-state index is 12.3. The average Bonchev–Trinajstić information content (AvgIpc) is 3.10. The molecule has 23 heavy (non-hydrogen) atoms. The number of nitrogens with zero attached hydrogens (tertiary/aromatic N) is 1.